The van der Waals surface area contributed by atoms with E-state index in [1.165, 1.54) is 6.07 Å². The third-order valence-corrected chi connectivity index (χ3v) is 6.12. The zero-order valence-electron chi connectivity index (χ0n) is 16.2. The molecular weight excluding hydrogens is 403 g/mol. The molecule has 6 heteroatoms. The van der Waals surface area contributed by atoms with Crippen LogP contribution in [0, 0.1) is 5.82 Å². The highest BCUT2D eigenvalue weighted by Crippen LogP contribution is 2.41. The number of aryl methyl sites for hydroxylation is 1. The monoisotopic (exact) mass is 422 g/mol. The van der Waals surface area contributed by atoms with Crippen LogP contribution < -0.4 is 0 Å². The number of halogens is 2. The first-order valence-electron chi connectivity index (χ1n) is 9.98. The van der Waals surface area contributed by atoms with Crippen molar-refractivity contribution < 1.29 is 13.6 Å². The number of aromatic nitrogens is 1. The Morgan fingerprint density at radius 2 is 2.03 bits per heavy atom. The van der Waals surface area contributed by atoms with Crippen LogP contribution in [0.25, 0.3) is 10.9 Å². The molecule has 0 aliphatic carbocycles. The standard InChI is InChI=1S/C24H20ClFN2O2/c25-18-7-3-8-19(26)22(18)24-23-17(16-6-1-2-9-20(16)27-23)12-13-28(24)21(29)11-10-15-5-4-14-30-15/h1-9,14,24,27H,10-13H2/t24-/m1/s1. The van der Waals surface area contributed by atoms with Gasteiger partial charge in [-0.2, -0.15) is 0 Å². The number of carbonyl (C=O) groups is 1. The number of nitrogens with one attached hydrogen (secondary N) is 1. The molecule has 1 aliphatic heterocycles. The molecule has 5 rings (SSSR count). The number of rotatable bonds is 4. The number of hydrogen-bond acceptors (Lipinski definition) is 2. The quantitative estimate of drug-likeness (QED) is 0.461. The van der Waals surface area contributed by atoms with E-state index < -0.39 is 11.9 Å². The van der Waals surface area contributed by atoms with Crippen LogP contribution in [0.3, 0.4) is 0 Å². The molecule has 1 atom stereocenters. The summed E-state index contributed by atoms with van der Waals surface area (Å²) in [6, 6.07) is 15.7. The first-order chi connectivity index (χ1) is 14.6. The van der Waals surface area contributed by atoms with Gasteiger partial charge in [-0.25, -0.2) is 4.39 Å². The number of nitrogens with zero attached hydrogens (tertiary/aromatic N) is 1. The SMILES string of the molecule is O=C(CCc1ccco1)N1CCc2c([nH]c3ccccc23)[C@H]1c1c(F)cccc1Cl. The smallest absolute Gasteiger partial charge is 0.223 e. The molecule has 0 fully saturated rings. The molecule has 0 spiro atoms. The van der Waals surface area contributed by atoms with Gasteiger partial charge in [0.1, 0.15) is 17.6 Å². The fourth-order valence-corrected chi connectivity index (χ4v) is 4.68. The second-order valence-electron chi connectivity index (χ2n) is 7.52. The topological polar surface area (TPSA) is 49.2 Å². The Bertz CT molecular complexity index is 1200. The van der Waals surface area contributed by atoms with Crippen molar-refractivity contribution in [2.45, 2.75) is 25.3 Å². The van der Waals surface area contributed by atoms with Crippen LogP contribution in [0.15, 0.2) is 65.3 Å². The van der Waals surface area contributed by atoms with E-state index in [0.29, 0.717) is 30.0 Å². The number of carbonyl (C=O) groups excluding carboxylic acids is 1. The number of benzene rings is 2. The van der Waals surface area contributed by atoms with E-state index in [-0.39, 0.29) is 12.3 Å². The summed E-state index contributed by atoms with van der Waals surface area (Å²) in [6.45, 7) is 0.501. The van der Waals surface area contributed by atoms with E-state index in [9.17, 15) is 9.18 Å². The Hall–Kier alpha value is -3.05. The van der Waals surface area contributed by atoms with Crippen molar-refractivity contribution in [1.82, 2.24) is 9.88 Å². The second-order valence-corrected chi connectivity index (χ2v) is 7.92. The van der Waals surface area contributed by atoms with Gasteiger partial charge < -0.3 is 14.3 Å². The molecule has 1 N–H and O–H groups in total. The summed E-state index contributed by atoms with van der Waals surface area (Å²) in [5.74, 6) is 0.287. The summed E-state index contributed by atoms with van der Waals surface area (Å²) in [5, 5.41) is 1.42. The third-order valence-electron chi connectivity index (χ3n) is 5.79. The summed E-state index contributed by atoms with van der Waals surface area (Å²) >= 11 is 6.45. The summed E-state index contributed by atoms with van der Waals surface area (Å²) < 4.78 is 20.3. The lowest BCUT2D eigenvalue weighted by atomic mass is 9.91. The highest BCUT2D eigenvalue weighted by Gasteiger charge is 2.36. The summed E-state index contributed by atoms with van der Waals surface area (Å²) in [7, 11) is 0. The van der Waals surface area contributed by atoms with Gasteiger partial charge >= 0.3 is 0 Å². The van der Waals surface area contributed by atoms with Crippen molar-refractivity contribution in [3.63, 3.8) is 0 Å². The second kappa shape index (κ2) is 7.65. The third kappa shape index (κ3) is 3.19. The molecule has 3 heterocycles. The molecule has 2 aromatic carbocycles. The van der Waals surface area contributed by atoms with Crippen molar-refractivity contribution in [2.75, 3.05) is 6.54 Å². The van der Waals surface area contributed by atoms with Crippen LogP contribution in [0.4, 0.5) is 4.39 Å². The summed E-state index contributed by atoms with van der Waals surface area (Å²) in [5.41, 5.74) is 3.26. The molecule has 1 aliphatic rings. The number of fused-ring (bicyclic) bond motifs is 3. The van der Waals surface area contributed by atoms with E-state index in [0.717, 1.165) is 27.9 Å². The molecule has 152 valence electrons. The van der Waals surface area contributed by atoms with E-state index in [1.54, 1.807) is 29.4 Å². The first kappa shape index (κ1) is 18.9. The van der Waals surface area contributed by atoms with Gasteiger partial charge in [0.25, 0.3) is 0 Å². The van der Waals surface area contributed by atoms with Gasteiger partial charge in [0.05, 0.1) is 6.26 Å². The molecule has 0 bridgehead atoms. The maximum atomic E-state index is 15.0. The van der Waals surface area contributed by atoms with Crippen molar-refractivity contribution in [1.29, 1.82) is 0 Å². The highest BCUT2D eigenvalue weighted by molar-refractivity contribution is 6.31. The fraction of sp³-hybridized carbons (Fsp3) is 0.208. The summed E-state index contributed by atoms with van der Waals surface area (Å²) in [6.07, 6.45) is 3.08. The number of amides is 1. The number of aromatic amines is 1. The van der Waals surface area contributed by atoms with Crippen molar-refractivity contribution in [3.8, 4) is 0 Å². The van der Waals surface area contributed by atoms with Gasteiger partial charge in [0, 0.05) is 46.6 Å². The highest BCUT2D eigenvalue weighted by atomic mass is 35.5. The molecule has 0 unspecified atom stereocenters. The minimum absolute atomic E-state index is 0.0555. The van der Waals surface area contributed by atoms with Crippen LogP contribution in [-0.2, 0) is 17.6 Å². The van der Waals surface area contributed by atoms with Crippen LogP contribution in [-0.4, -0.2) is 22.3 Å². The van der Waals surface area contributed by atoms with Crippen molar-refractivity contribution >= 4 is 28.4 Å². The van der Waals surface area contributed by atoms with Gasteiger partial charge in [-0.15, -0.1) is 0 Å². The van der Waals surface area contributed by atoms with Crippen LogP contribution >= 0.6 is 11.6 Å². The average Bonchev–Trinajstić information content (AvgIpc) is 3.39. The zero-order valence-corrected chi connectivity index (χ0v) is 17.0. The van der Waals surface area contributed by atoms with Gasteiger partial charge in [-0.3, -0.25) is 4.79 Å². The Labute approximate surface area is 178 Å². The number of para-hydroxylation sites is 1. The lowest BCUT2D eigenvalue weighted by Gasteiger charge is -2.37. The minimum atomic E-state index is -0.598. The average molecular weight is 423 g/mol. The molecule has 0 saturated carbocycles. The summed E-state index contributed by atoms with van der Waals surface area (Å²) in [4.78, 5) is 18.4. The van der Waals surface area contributed by atoms with E-state index in [4.69, 9.17) is 16.0 Å². The van der Waals surface area contributed by atoms with Gasteiger partial charge in [-0.1, -0.05) is 35.9 Å². The maximum absolute atomic E-state index is 15.0. The predicted octanol–water partition coefficient (Wildman–Crippen LogP) is 5.66. The van der Waals surface area contributed by atoms with Gasteiger partial charge in [-0.05, 0) is 42.3 Å². The van der Waals surface area contributed by atoms with E-state index in [2.05, 4.69) is 11.1 Å². The van der Waals surface area contributed by atoms with Crippen molar-refractivity contribution in [2.24, 2.45) is 0 Å². The van der Waals surface area contributed by atoms with E-state index in [1.807, 2.05) is 24.3 Å². The first-order valence-corrected chi connectivity index (χ1v) is 10.4. The van der Waals surface area contributed by atoms with E-state index >= 15 is 0 Å². The molecule has 4 nitrogen and oxygen atoms in total. The molecule has 2 aromatic heterocycles. The maximum Gasteiger partial charge on any atom is 0.223 e. The predicted molar refractivity (Wildman–Crippen MR) is 114 cm³/mol. The lowest BCUT2D eigenvalue weighted by Crippen LogP contribution is -2.41. The molecule has 0 radical (unpaired) electrons. The Kier molecular flexibility index (Phi) is 4.83. The minimum Gasteiger partial charge on any atom is -0.469 e. The van der Waals surface area contributed by atoms with Gasteiger partial charge in [0.2, 0.25) is 5.91 Å². The molecule has 30 heavy (non-hydrogen) atoms. The van der Waals surface area contributed by atoms with Crippen LogP contribution in [0.2, 0.25) is 5.02 Å². The Balaban J connectivity index is 1.59. The molecule has 0 saturated heterocycles. The fourth-order valence-electron chi connectivity index (χ4n) is 4.41. The molecular formula is C24H20ClFN2O2. The van der Waals surface area contributed by atoms with Gasteiger partial charge in [0.15, 0.2) is 0 Å². The number of hydrogen-bond donors (Lipinski definition) is 1. The molecule has 1 amide bonds. The Morgan fingerprint density at radius 1 is 1.17 bits per heavy atom. The zero-order chi connectivity index (χ0) is 20.7. The lowest BCUT2D eigenvalue weighted by molar-refractivity contribution is -0.133. The number of H-pyrrole nitrogens is 1. The number of furan rings is 1. The normalized spacial score (nSPS) is 16.1. The van der Waals surface area contributed by atoms with Crippen LogP contribution in [0.1, 0.15) is 35.0 Å². The van der Waals surface area contributed by atoms with Crippen LogP contribution in [0.5, 0.6) is 0 Å². The molecule has 4 aromatic rings. The largest absolute Gasteiger partial charge is 0.469 e. The Morgan fingerprint density at radius 3 is 2.83 bits per heavy atom. The van der Waals surface area contributed by atoms with Crippen molar-refractivity contribution in [3.05, 3.63) is 94.3 Å².